The van der Waals surface area contributed by atoms with Crippen LogP contribution >= 0.6 is 0 Å². The molecule has 100 valence electrons. The number of carbonyl (C=O) groups is 1. The van der Waals surface area contributed by atoms with Gasteiger partial charge in [0.2, 0.25) is 5.91 Å². The molecule has 0 fully saturated rings. The van der Waals surface area contributed by atoms with E-state index in [9.17, 15) is 4.79 Å². The summed E-state index contributed by atoms with van der Waals surface area (Å²) in [6.07, 6.45) is 6.31. The van der Waals surface area contributed by atoms with Crippen molar-refractivity contribution >= 4 is 5.91 Å². The maximum Gasteiger partial charge on any atom is 0.224 e. The maximum absolute atomic E-state index is 11.9. The van der Waals surface area contributed by atoms with Crippen LogP contribution in [0, 0.1) is 0 Å². The predicted octanol–water partition coefficient (Wildman–Crippen LogP) is 3.70. The van der Waals surface area contributed by atoms with E-state index in [1.807, 2.05) is 30.3 Å². The Hall–Kier alpha value is -1.31. The highest BCUT2D eigenvalue weighted by molar-refractivity contribution is 5.78. The van der Waals surface area contributed by atoms with E-state index in [2.05, 4.69) is 19.2 Å². The molecule has 1 aromatic rings. The molecule has 2 nitrogen and oxygen atoms in total. The summed E-state index contributed by atoms with van der Waals surface area (Å²) >= 11 is 0. The summed E-state index contributed by atoms with van der Waals surface area (Å²) in [6, 6.07) is 10.3. The van der Waals surface area contributed by atoms with E-state index >= 15 is 0 Å². The second kappa shape index (κ2) is 8.73. The molecule has 0 radical (unpaired) electrons. The molecule has 1 rings (SSSR count). The monoisotopic (exact) mass is 247 g/mol. The van der Waals surface area contributed by atoms with Crippen molar-refractivity contribution in [2.75, 3.05) is 0 Å². The summed E-state index contributed by atoms with van der Waals surface area (Å²) in [7, 11) is 0. The van der Waals surface area contributed by atoms with Gasteiger partial charge in [-0.25, -0.2) is 0 Å². The molecular formula is C16H25NO. The highest BCUT2D eigenvalue weighted by Gasteiger charge is 2.10. The highest BCUT2D eigenvalue weighted by Crippen LogP contribution is 2.07. The number of carbonyl (C=O) groups excluding carboxylic acids is 1. The number of hydrogen-bond donors (Lipinski definition) is 1. The van der Waals surface area contributed by atoms with Crippen molar-refractivity contribution < 1.29 is 4.79 Å². The minimum absolute atomic E-state index is 0.143. The fraction of sp³-hybridized carbons (Fsp3) is 0.562. The molecule has 1 N–H and O–H groups in total. The second-order valence-corrected chi connectivity index (χ2v) is 4.83. The van der Waals surface area contributed by atoms with E-state index in [0.29, 0.717) is 12.5 Å². The van der Waals surface area contributed by atoms with Crippen molar-refractivity contribution in [2.45, 2.75) is 58.4 Å². The Bertz CT molecular complexity index is 334. The van der Waals surface area contributed by atoms with E-state index in [4.69, 9.17) is 0 Å². The van der Waals surface area contributed by atoms with Gasteiger partial charge in [-0.1, -0.05) is 63.4 Å². The first kappa shape index (κ1) is 14.7. The summed E-state index contributed by atoms with van der Waals surface area (Å²) < 4.78 is 0. The molecule has 18 heavy (non-hydrogen) atoms. The lowest BCUT2D eigenvalue weighted by Crippen LogP contribution is -2.35. The highest BCUT2D eigenvalue weighted by atomic mass is 16.1. The van der Waals surface area contributed by atoms with E-state index in [1.165, 1.54) is 19.3 Å². The van der Waals surface area contributed by atoms with Gasteiger partial charge in [0, 0.05) is 6.04 Å². The lowest BCUT2D eigenvalue weighted by atomic mass is 10.1. The van der Waals surface area contributed by atoms with Crippen LogP contribution in [0.25, 0.3) is 0 Å². The summed E-state index contributed by atoms with van der Waals surface area (Å²) in [6.45, 7) is 4.34. The third-order valence-electron chi connectivity index (χ3n) is 3.22. The van der Waals surface area contributed by atoms with Gasteiger partial charge in [0.1, 0.15) is 0 Å². The fourth-order valence-electron chi connectivity index (χ4n) is 2.08. The van der Waals surface area contributed by atoms with E-state index in [1.54, 1.807) is 0 Å². The van der Waals surface area contributed by atoms with Crippen LogP contribution in [0.5, 0.6) is 0 Å². The molecule has 2 heteroatoms. The van der Waals surface area contributed by atoms with E-state index < -0.39 is 0 Å². The van der Waals surface area contributed by atoms with E-state index in [-0.39, 0.29) is 5.91 Å². The first-order chi connectivity index (χ1) is 8.76. The number of amides is 1. The lowest BCUT2D eigenvalue weighted by Gasteiger charge is -2.16. The zero-order valence-corrected chi connectivity index (χ0v) is 11.6. The van der Waals surface area contributed by atoms with Crippen LogP contribution in [0.4, 0.5) is 0 Å². The Morgan fingerprint density at radius 1 is 1.17 bits per heavy atom. The smallest absolute Gasteiger partial charge is 0.224 e. The van der Waals surface area contributed by atoms with Crippen LogP contribution in [0.2, 0.25) is 0 Å². The molecule has 0 aliphatic heterocycles. The van der Waals surface area contributed by atoms with Crippen molar-refractivity contribution in [3.8, 4) is 0 Å². The first-order valence-corrected chi connectivity index (χ1v) is 7.09. The van der Waals surface area contributed by atoms with Gasteiger partial charge in [0.25, 0.3) is 0 Å². The number of nitrogens with one attached hydrogen (secondary N) is 1. The molecule has 1 aromatic carbocycles. The Balaban J connectivity index is 2.33. The van der Waals surface area contributed by atoms with Crippen LogP contribution in [0.1, 0.15) is 51.5 Å². The van der Waals surface area contributed by atoms with Gasteiger partial charge >= 0.3 is 0 Å². The third kappa shape index (κ3) is 5.85. The standard InChI is InChI=1S/C16H25NO/c1-3-5-7-12-15(4-2)17-16(18)13-14-10-8-6-9-11-14/h6,8-11,15H,3-5,7,12-13H2,1-2H3,(H,17,18). The van der Waals surface area contributed by atoms with Crippen LogP contribution < -0.4 is 5.32 Å². The van der Waals surface area contributed by atoms with Gasteiger partial charge < -0.3 is 5.32 Å². The molecule has 1 unspecified atom stereocenters. The SMILES string of the molecule is CCCCCC(CC)NC(=O)Cc1ccccc1. The molecule has 0 heterocycles. The predicted molar refractivity (Wildman–Crippen MR) is 76.5 cm³/mol. The summed E-state index contributed by atoms with van der Waals surface area (Å²) in [5.74, 6) is 0.143. The Morgan fingerprint density at radius 3 is 2.50 bits per heavy atom. The lowest BCUT2D eigenvalue weighted by molar-refractivity contribution is -0.121. The third-order valence-corrected chi connectivity index (χ3v) is 3.22. The molecular weight excluding hydrogens is 222 g/mol. The van der Waals surface area contributed by atoms with Crippen molar-refractivity contribution in [1.82, 2.24) is 5.32 Å². The van der Waals surface area contributed by atoms with Crippen molar-refractivity contribution in [3.05, 3.63) is 35.9 Å². The van der Waals surface area contributed by atoms with Crippen LogP contribution in [-0.2, 0) is 11.2 Å². The number of rotatable bonds is 8. The second-order valence-electron chi connectivity index (χ2n) is 4.83. The largest absolute Gasteiger partial charge is 0.353 e. The summed E-state index contributed by atoms with van der Waals surface area (Å²) in [4.78, 5) is 11.9. The van der Waals surface area contributed by atoms with Crippen molar-refractivity contribution in [1.29, 1.82) is 0 Å². The molecule has 0 saturated heterocycles. The molecule has 0 aliphatic rings. The average Bonchev–Trinajstić information content (AvgIpc) is 2.39. The fourth-order valence-corrected chi connectivity index (χ4v) is 2.08. The van der Waals surface area contributed by atoms with Gasteiger partial charge in [-0.15, -0.1) is 0 Å². The van der Waals surface area contributed by atoms with Crippen LogP contribution in [-0.4, -0.2) is 11.9 Å². The number of benzene rings is 1. The van der Waals surface area contributed by atoms with Crippen molar-refractivity contribution in [2.24, 2.45) is 0 Å². The summed E-state index contributed by atoms with van der Waals surface area (Å²) in [5.41, 5.74) is 1.08. The minimum Gasteiger partial charge on any atom is -0.353 e. The van der Waals surface area contributed by atoms with E-state index in [0.717, 1.165) is 18.4 Å². The quantitative estimate of drug-likeness (QED) is 0.697. The zero-order valence-electron chi connectivity index (χ0n) is 11.6. The normalized spacial score (nSPS) is 12.1. The number of unbranched alkanes of at least 4 members (excludes halogenated alkanes) is 2. The maximum atomic E-state index is 11.9. The van der Waals surface area contributed by atoms with Crippen LogP contribution in [0.15, 0.2) is 30.3 Å². The molecule has 0 spiro atoms. The zero-order chi connectivity index (χ0) is 13.2. The Kier molecular flexibility index (Phi) is 7.16. The average molecular weight is 247 g/mol. The molecule has 1 atom stereocenters. The topological polar surface area (TPSA) is 29.1 Å². The Morgan fingerprint density at radius 2 is 1.89 bits per heavy atom. The first-order valence-electron chi connectivity index (χ1n) is 7.09. The van der Waals surface area contributed by atoms with Gasteiger partial charge in [-0.3, -0.25) is 4.79 Å². The molecule has 0 aromatic heterocycles. The molecule has 0 aliphatic carbocycles. The molecule has 1 amide bonds. The van der Waals surface area contributed by atoms with Gasteiger partial charge in [-0.05, 0) is 18.4 Å². The number of hydrogen-bond acceptors (Lipinski definition) is 1. The van der Waals surface area contributed by atoms with Gasteiger partial charge in [-0.2, -0.15) is 0 Å². The van der Waals surface area contributed by atoms with Crippen LogP contribution in [0.3, 0.4) is 0 Å². The molecule has 0 bridgehead atoms. The minimum atomic E-state index is 0.143. The molecule has 0 saturated carbocycles. The Labute approximate surface area is 111 Å². The summed E-state index contributed by atoms with van der Waals surface area (Å²) in [5, 5.41) is 3.14. The van der Waals surface area contributed by atoms with Gasteiger partial charge in [0.15, 0.2) is 0 Å². The van der Waals surface area contributed by atoms with Crippen molar-refractivity contribution in [3.63, 3.8) is 0 Å². The van der Waals surface area contributed by atoms with Gasteiger partial charge in [0.05, 0.1) is 6.42 Å².